The lowest BCUT2D eigenvalue weighted by atomic mass is 10.0. The standard InChI is InChI=1S/C53H101NO5/c1-3-5-7-9-11-13-15-16-17-18-19-20-21-22-23-24-26-29-33-37-41-45-51(56)50(49-55)54-52(57)46-42-38-34-30-27-28-32-36-40-44-48-59-53(58)47-43-39-35-31-25-14-12-10-8-6-4-2/h10,12,41,45,50-51,55-56H,3-9,11,13-40,42-44,46-49H2,1-2H3,(H,54,57)/b12-10-,45-41+. The van der Waals surface area contributed by atoms with Gasteiger partial charge in [0, 0.05) is 12.8 Å². The minimum absolute atomic E-state index is 0.0317. The fraction of sp³-hybridized carbons (Fsp3) is 0.887. The number of allylic oxidation sites excluding steroid dienone is 3. The molecule has 6 heteroatoms. The molecule has 348 valence electrons. The van der Waals surface area contributed by atoms with Gasteiger partial charge in [0.1, 0.15) is 0 Å². The van der Waals surface area contributed by atoms with Crippen LogP contribution < -0.4 is 5.32 Å². The highest BCUT2D eigenvalue weighted by molar-refractivity contribution is 5.76. The van der Waals surface area contributed by atoms with Crippen molar-refractivity contribution in [1.82, 2.24) is 5.32 Å². The zero-order chi connectivity index (χ0) is 43.0. The second-order valence-corrected chi connectivity index (χ2v) is 17.9. The van der Waals surface area contributed by atoms with Crippen LogP contribution in [0.25, 0.3) is 0 Å². The van der Waals surface area contributed by atoms with Gasteiger partial charge >= 0.3 is 5.97 Å². The van der Waals surface area contributed by atoms with Crippen molar-refractivity contribution >= 4 is 11.9 Å². The zero-order valence-corrected chi connectivity index (χ0v) is 39.5. The van der Waals surface area contributed by atoms with E-state index in [0.717, 1.165) is 57.8 Å². The van der Waals surface area contributed by atoms with E-state index < -0.39 is 12.1 Å². The number of aliphatic hydroxyl groups excluding tert-OH is 2. The van der Waals surface area contributed by atoms with Crippen molar-refractivity contribution < 1.29 is 24.5 Å². The molecule has 0 saturated carbocycles. The molecule has 0 bridgehead atoms. The van der Waals surface area contributed by atoms with Crippen molar-refractivity contribution in [3.05, 3.63) is 24.3 Å². The summed E-state index contributed by atoms with van der Waals surface area (Å²) in [6, 6.07) is -0.645. The van der Waals surface area contributed by atoms with Gasteiger partial charge in [-0.25, -0.2) is 0 Å². The minimum atomic E-state index is -0.859. The molecule has 0 rings (SSSR count). The van der Waals surface area contributed by atoms with Crippen LogP contribution >= 0.6 is 0 Å². The summed E-state index contributed by atoms with van der Waals surface area (Å²) in [5, 5.41) is 23.1. The molecular weight excluding hydrogens is 731 g/mol. The Morgan fingerprint density at radius 1 is 0.458 bits per heavy atom. The van der Waals surface area contributed by atoms with Crippen molar-refractivity contribution in [3.63, 3.8) is 0 Å². The van der Waals surface area contributed by atoms with Gasteiger partial charge in [-0.15, -0.1) is 0 Å². The van der Waals surface area contributed by atoms with Crippen LogP contribution in [0, 0.1) is 0 Å². The highest BCUT2D eigenvalue weighted by Gasteiger charge is 2.18. The normalized spacial score (nSPS) is 12.8. The topological polar surface area (TPSA) is 95.9 Å². The van der Waals surface area contributed by atoms with Crippen LogP contribution in [-0.4, -0.2) is 47.4 Å². The molecule has 0 spiro atoms. The summed E-state index contributed by atoms with van der Waals surface area (Å²) in [7, 11) is 0. The molecule has 0 aliphatic carbocycles. The summed E-state index contributed by atoms with van der Waals surface area (Å²) in [4.78, 5) is 24.4. The first-order chi connectivity index (χ1) is 29.0. The lowest BCUT2D eigenvalue weighted by Gasteiger charge is -2.20. The molecule has 0 fully saturated rings. The summed E-state index contributed by atoms with van der Waals surface area (Å²) in [6.07, 6.45) is 57.5. The molecule has 0 aliphatic heterocycles. The first-order valence-corrected chi connectivity index (χ1v) is 26.1. The van der Waals surface area contributed by atoms with Gasteiger partial charge in [-0.2, -0.15) is 0 Å². The van der Waals surface area contributed by atoms with Gasteiger partial charge in [-0.3, -0.25) is 9.59 Å². The van der Waals surface area contributed by atoms with Crippen LogP contribution in [0.4, 0.5) is 0 Å². The number of hydrogen-bond acceptors (Lipinski definition) is 5. The summed E-state index contributed by atoms with van der Waals surface area (Å²) in [5.74, 6) is -0.121. The van der Waals surface area contributed by atoms with E-state index in [-0.39, 0.29) is 18.5 Å². The summed E-state index contributed by atoms with van der Waals surface area (Å²) in [5.41, 5.74) is 0. The molecule has 0 aromatic heterocycles. The van der Waals surface area contributed by atoms with Crippen molar-refractivity contribution in [1.29, 1.82) is 0 Å². The number of aliphatic hydroxyl groups is 2. The van der Waals surface area contributed by atoms with Crippen molar-refractivity contribution in [2.45, 2.75) is 289 Å². The average molecular weight is 832 g/mol. The van der Waals surface area contributed by atoms with E-state index in [9.17, 15) is 19.8 Å². The SMILES string of the molecule is CCCC/C=C\CCCCCCCC(=O)OCCCCCCCCCCCCC(=O)NC(CO)C(O)/C=C/CCCCCCCCCCCCCCCCCCCCC. The van der Waals surface area contributed by atoms with Gasteiger partial charge in [0.2, 0.25) is 5.91 Å². The lowest BCUT2D eigenvalue weighted by Crippen LogP contribution is -2.45. The van der Waals surface area contributed by atoms with Gasteiger partial charge in [-0.05, 0) is 51.4 Å². The third-order valence-electron chi connectivity index (χ3n) is 12.0. The first-order valence-electron chi connectivity index (χ1n) is 26.1. The Morgan fingerprint density at radius 2 is 0.814 bits per heavy atom. The Kier molecular flexibility index (Phi) is 47.6. The van der Waals surface area contributed by atoms with E-state index in [1.54, 1.807) is 6.08 Å². The summed E-state index contributed by atoms with van der Waals surface area (Å²) < 4.78 is 5.43. The smallest absolute Gasteiger partial charge is 0.305 e. The van der Waals surface area contributed by atoms with Crippen molar-refractivity contribution in [3.8, 4) is 0 Å². The summed E-state index contributed by atoms with van der Waals surface area (Å²) >= 11 is 0. The minimum Gasteiger partial charge on any atom is -0.466 e. The van der Waals surface area contributed by atoms with Crippen molar-refractivity contribution in [2.24, 2.45) is 0 Å². The van der Waals surface area contributed by atoms with Crippen LogP contribution in [0.15, 0.2) is 24.3 Å². The molecule has 1 amide bonds. The summed E-state index contributed by atoms with van der Waals surface area (Å²) in [6.45, 7) is 4.82. The number of unbranched alkanes of at least 4 members (excludes halogenated alkanes) is 35. The molecule has 0 heterocycles. The first kappa shape index (κ1) is 57.3. The Morgan fingerprint density at radius 3 is 1.25 bits per heavy atom. The van der Waals surface area contributed by atoms with Crippen LogP contribution in [-0.2, 0) is 14.3 Å². The van der Waals surface area contributed by atoms with Crippen LogP contribution in [0.2, 0.25) is 0 Å². The number of ether oxygens (including phenoxy) is 1. The molecular formula is C53H101NO5. The second kappa shape index (κ2) is 49.0. The third kappa shape index (κ3) is 45.7. The van der Waals surface area contributed by atoms with E-state index in [4.69, 9.17) is 4.74 Å². The van der Waals surface area contributed by atoms with E-state index in [1.165, 1.54) is 193 Å². The maximum absolute atomic E-state index is 12.4. The van der Waals surface area contributed by atoms with Crippen LogP contribution in [0.1, 0.15) is 277 Å². The van der Waals surface area contributed by atoms with Gasteiger partial charge in [-0.1, -0.05) is 237 Å². The van der Waals surface area contributed by atoms with E-state index >= 15 is 0 Å². The molecule has 59 heavy (non-hydrogen) atoms. The Labute approximate surface area is 367 Å². The molecule has 0 aromatic rings. The fourth-order valence-corrected chi connectivity index (χ4v) is 7.91. The Bertz CT molecular complexity index is 920. The zero-order valence-electron chi connectivity index (χ0n) is 39.5. The van der Waals surface area contributed by atoms with Crippen LogP contribution in [0.3, 0.4) is 0 Å². The molecule has 2 atom stereocenters. The highest BCUT2D eigenvalue weighted by Crippen LogP contribution is 2.16. The Hall–Kier alpha value is -1.66. The second-order valence-electron chi connectivity index (χ2n) is 17.9. The van der Waals surface area contributed by atoms with Gasteiger partial charge < -0.3 is 20.3 Å². The lowest BCUT2D eigenvalue weighted by molar-refractivity contribution is -0.143. The van der Waals surface area contributed by atoms with Gasteiger partial charge in [0.05, 0.1) is 25.4 Å². The number of nitrogens with one attached hydrogen (secondary N) is 1. The molecule has 0 aliphatic rings. The molecule has 0 aromatic carbocycles. The number of carbonyl (C=O) groups is 2. The largest absolute Gasteiger partial charge is 0.466 e. The number of rotatable bonds is 48. The molecule has 6 nitrogen and oxygen atoms in total. The van der Waals surface area contributed by atoms with Gasteiger partial charge in [0.15, 0.2) is 0 Å². The fourth-order valence-electron chi connectivity index (χ4n) is 7.91. The highest BCUT2D eigenvalue weighted by atomic mass is 16.5. The molecule has 2 unspecified atom stereocenters. The number of carbonyl (C=O) groups excluding carboxylic acids is 2. The number of hydrogen-bond donors (Lipinski definition) is 3. The monoisotopic (exact) mass is 832 g/mol. The third-order valence-corrected chi connectivity index (χ3v) is 12.0. The number of esters is 1. The van der Waals surface area contributed by atoms with Crippen molar-refractivity contribution in [2.75, 3.05) is 13.2 Å². The molecule has 0 radical (unpaired) electrons. The molecule has 0 saturated heterocycles. The molecule has 3 N–H and O–H groups in total. The predicted octanol–water partition coefficient (Wildman–Crippen LogP) is 15.5. The van der Waals surface area contributed by atoms with Gasteiger partial charge in [0.25, 0.3) is 0 Å². The van der Waals surface area contributed by atoms with Crippen LogP contribution in [0.5, 0.6) is 0 Å². The van der Waals surface area contributed by atoms with E-state index in [1.807, 2.05) is 6.08 Å². The van der Waals surface area contributed by atoms with E-state index in [2.05, 4.69) is 31.3 Å². The average Bonchev–Trinajstić information content (AvgIpc) is 3.24. The maximum atomic E-state index is 12.4. The van der Waals surface area contributed by atoms with E-state index in [0.29, 0.717) is 19.4 Å². The Balaban J connectivity index is 3.53. The predicted molar refractivity (Wildman–Crippen MR) is 255 cm³/mol. The maximum Gasteiger partial charge on any atom is 0.305 e. The quantitative estimate of drug-likeness (QED) is 0.0322. The number of amides is 1.